The summed E-state index contributed by atoms with van der Waals surface area (Å²) in [6.07, 6.45) is 0.290. The van der Waals surface area contributed by atoms with E-state index in [1.54, 1.807) is 13.0 Å². The van der Waals surface area contributed by atoms with E-state index in [9.17, 15) is 8.42 Å². The first-order valence-electron chi connectivity index (χ1n) is 3.95. The molecule has 0 heterocycles. The molecule has 1 unspecified atom stereocenters. The number of ether oxygens (including phenoxy) is 1. The van der Waals surface area contributed by atoms with Crippen LogP contribution in [-0.4, -0.2) is 33.9 Å². The summed E-state index contributed by atoms with van der Waals surface area (Å²) in [5.41, 5.74) is 0. The van der Waals surface area contributed by atoms with Gasteiger partial charge in [0.05, 0.1) is 12.7 Å². The molecule has 0 aliphatic carbocycles. The van der Waals surface area contributed by atoms with Crippen molar-refractivity contribution in [2.45, 2.75) is 18.6 Å². The van der Waals surface area contributed by atoms with Crippen LogP contribution < -0.4 is 4.72 Å². The first kappa shape index (κ1) is 12.4. The molecule has 1 N–H and O–H groups in total. The van der Waals surface area contributed by atoms with Crippen LogP contribution >= 0.6 is 0 Å². The monoisotopic (exact) mass is 206 g/mol. The summed E-state index contributed by atoms with van der Waals surface area (Å²) in [7, 11) is -2.00. The number of hydrogen-bond donors (Lipinski definition) is 1. The minimum atomic E-state index is -3.49. The number of rotatable bonds is 6. The van der Waals surface area contributed by atoms with Gasteiger partial charge in [-0.15, -0.1) is 0 Å². The lowest BCUT2D eigenvalue weighted by Crippen LogP contribution is -2.35. The lowest BCUT2D eigenvalue weighted by atomic mass is 10.4. The van der Waals surface area contributed by atoms with Crippen molar-refractivity contribution < 1.29 is 13.2 Å². The Morgan fingerprint density at radius 2 is 2.23 bits per heavy atom. The molecule has 0 saturated carbocycles. The maximum atomic E-state index is 11.3. The average molecular weight is 206 g/mol. The van der Waals surface area contributed by atoms with Gasteiger partial charge in [0.2, 0.25) is 10.0 Å². The molecule has 0 spiro atoms. The molecule has 1 atom stereocenters. The van der Waals surface area contributed by atoms with Gasteiger partial charge in [0, 0.05) is 13.7 Å². The van der Waals surface area contributed by atoms with Gasteiger partial charge in [0.25, 0.3) is 0 Å². The summed E-state index contributed by atoms with van der Waals surface area (Å²) in [5.74, 6) is 0. The van der Waals surface area contributed by atoms with E-state index < -0.39 is 15.3 Å². The molecule has 0 fully saturated rings. The normalized spacial score (nSPS) is 13.6. The molecule has 0 aliphatic heterocycles. The van der Waals surface area contributed by atoms with Crippen molar-refractivity contribution in [2.24, 2.45) is 0 Å². The van der Waals surface area contributed by atoms with Gasteiger partial charge in [-0.1, -0.05) is 6.92 Å². The van der Waals surface area contributed by atoms with Crippen molar-refractivity contribution in [3.63, 3.8) is 0 Å². The highest BCUT2D eigenvalue weighted by molar-refractivity contribution is 7.90. The third-order valence-electron chi connectivity index (χ3n) is 1.50. The summed E-state index contributed by atoms with van der Waals surface area (Å²) in [5, 5.41) is 7.55. The van der Waals surface area contributed by atoms with E-state index in [-0.39, 0.29) is 6.54 Å². The summed E-state index contributed by atoms with van der Waals surface area (Å²) < 4.78 is 29.5. The second-order valence-corrected chi connectivity index (χ2v) is 4.41. The molecular weight excluding hydrogens is 192 g/mol. The van der Waals surface area contributed by atoms with Crippen LogP contribution in [0.2, 0.25) is 0 Å². The highest BCUT2D eigenvalue weighted by Gasteiger charge is 2.22. The molecule has 0 aromatic heterocycles. The Hall–Kier alpha value is -0.640. The van der Waals surface area contributed by atoms with Crippen molar-refractivity contribution >= 4 is 10.0 Å². The molecule has 0 saturated heterocycles. The number of nitrogens with zero attached hydrogens (tertiary/aromatic N) is 1. The Kier molecular flexibility index (Phi) is 5.62. The standard InChI is InChI=1S/C7H14N2O3S/c1-3-7(6-8)13(10,11)9-4-5-12-2/h7,9H,3-5H2,1-2H3. The van der Waals surface area contributed by atoms with Crippen LogP contribution in [0, 0.1) is 11.3 Å². The van der Waals surface area contributed by atoms with Gasteiger partial charge in [-0.3, -0.25) is 0 Å². The maximum absolute atomic E-state index is 11.3. The van der Waals surface area contributed by atoms with E-state index in [2.05, 4.69) is 9.46 Å². The first-order valence-corrected chi connectivity index (χ1v) is 5.50. The fourth-order valence-corrected chi connectivity index (χ4v) is 1.91. The van der Waals surface area contributed by atoms with Gasteiger partial charge < -0.3 is 4.74 Å². The predicted octanol–water partition coefficient (Wildman–Crippen LogP) is -0.146. The second kappa shape index (κ2) is 5.91. The van der Waals surface area contributed by atoms with Crippen molar-refractivity contribution in [3.8, 4) is 6.07 Å². The molecule has 0 aromatic carbocycles. The molecule has 0 amide bonds. The van der Waals surface area contributed by atoms with Gasteiger partial charge >= 0.3 is 0 Å². The van der Waals surface area contributed by atoms with E-state index in [1.165, 1.54) is 7.11 Å². The van der Waals surface area contributed by atoms with Gasteiger partial charge in [-0.2, -0.15) is 5.26 Å². The molecule has 0 aliphatic rings. The Bertz CT molecular complexity index is 268. The van der Waals surface area contributed by atoms with Crippen LogP contribution in [0.15, 0.2) is 0 Å². The third kappa shape index (κ3) is 4.22. The zero-order valence-corrected chi connectivity index (χ0v) is 8.60. The van der Waals surface area contributed by atoms with Crippen molar-refractivity contribution in [1.82, 2.24) is 4.72 Å². The summed E-state index contributed by atoms with van der Waals surface area (Å²) in [6, 6.07) is 1.73. The van der Waals surface area contributed by atoms with Gasteiger partial charge in [0.1, 0.15) is 0 Å². The zero-order chi connectivity index (χ0) is 10.3. The first-order chi connectivity index (χ1) is 6.08. The van der Waals surface area contributed by atoms with E-state index in [0.29, 0.717) is 13.0 Å². The topological polar surface area (TPSA) is 79.2 Å². The molecule has 0 aromatic rings. The average Bonchev–Trinajstić information content (AvgIpc) is 2.06. The van der Waals surface area contributed by atoms with Crippen molar-refractivity contribution in [1.29, 1.82) is 5.26 Å². The molecule has 0 bridgehead atoms. The van der Waals surface area contributed by atoms with Crippen LogP contribution in [0.1, 0.15) is 13.3 Å². The quantitative estimate of drug-likeness (QED) is 0.613. The number of nitrogens with one attached hydrogen (secondary N) is 1. The maximum Gasteiger partial charge on any atom is 0.228 e. The minimum absolute atomic E-state index is 0.205. The minimum Gasteiger partial charge on any atom is -0.383 e. The largest absolute Gasteiger partial charge is 0.383 e. The smallest absolute Gasteiger partial charge is 0.228 e. The van der Waals surface area contributed by atoms with Crippen molar-refractivity contribution in [2.75, 3.05) is 20.3 Å². The SMILES string of the molecule is CCC(C#N)S(=O)(=O)NCCOC. The lowest BCUT2D eigenvalue weighted by molar-refractivity contribution is 0.204. The predicted molar refractivity (Wildman–Crippen MR) is 48.5 cm³/mol. The lowest BCUT2D eigenvalue weighted by Gasteiger charge is -2.08. The van der Waals surface area contributed by atoms with Gasteiger partial charge in [0.15, 0.2) is 5.25 Å². The van der Waals surface area contributed by atoms with Crippen LogP contribution in [0.3, 0.4) is 0 Å². The highest BCUT2D eigenvalue weighted by Crippen LogP contribution is 2.01. The summed E-state index contributed by atoms with van der Waals surface area (Å²) in [6.45, 7) is 2.17. The van der Waals surface area contributed by atoms with Crippen LogP contribution in [0.5, 0.6) is 0 Å². The van der Waals surface area contributed by atoms with Crippen LogP contribution in [-0.2, 0) is 14.8 Å². The molecule has 0 rings (SSSR count). The number of hydrogen-bond acceptors (Lipinski definition) is 4. The molecule has 6 heteroatoms. The molecule has 0 radical (unpaired) electrons. The molecule has 5 nitrogen and oxygen atoms in total. The van der Waals surface area contributed by atoms with Crippen LogP contribution in [0.25, 0.3) is 0 Å². The van der Waals surface area contributed by atoms with Crippen LogP contribution in [0.4, 0.5) is 0 Å². The Morgan fingerprint density at radius 1 is 1.62 bits per heavy atom. The Morgan fingerprint density at radius 3 is 2.62 bits per heavy atom. The third-order valence-corrected chi connectivity index (χ3v) is 3.29. The molecular formula is C7H14N2O3S. The second-order valence-electron chi connectivity index (χ2n) is 2.46. The van der Waals surface area contributed by atoms with Gasteiger partial charge in [-0.05, 0) is 6.42 Å². The summed E-state index contributed by atoms with van der Waals surface area (Å²) >= 11 is 0. The zero-order valence-electron chi connectivity index (χ0n) is 7.78. The van der Waals surface area contributed by atoms with E-state index in [4.69, 9.17) is 5.26 Å². The molecule has 13 heavy (non-hydrogen) atoms. The van der Waals surface area contributed by atoms with E-state index in [0.717, 1.165) is 0 Å². The summed E-state index contributed by atoms with van der Waals surface area (Å²) in [4.78, 5) is 0. The van der Waals surface area contributed by atoms with Gasteiger partial charge in [-0.25, -0.2) is 13.1 Å². The number of sulfonamides is 1. The van der Waals surface area contributed by atoms with E-state index in [1.807, 2.05) is 0 Å². The fraction of sp³-hybridized carbons (Fsp3) is 0.857. The Balaban J connectivity index is 4.16. The fourth-order valence-electron chi connectivity index (χ4n) is 0.767. The van der Waals surface area contributed by atoms with Crippen molar-refractivity contribution in [3.05, 3.63) is 0 Å². The highest BCUT2D eigenvalue weighted by atomic mass is 32.2. The Labute approximate surface area is 78.7 Å². The number of nitriles is 1. The molecule has 76 valence electrons. The number of methoxy groups -OCH3 is 1. The van der Waals surface area contributed by atoms with E-state index >= 15 is 0 Å².